The first kappa shape index (κ1) is 29.2. The van der Waals surface area contributed by atoms with Crippen LogP contribution in [0.25, 0.3) is 0 Å². The van der Waals surface area contributed by atoms with E-state index in [0.29, 0.717) is 16.7 Å². The minimum Gasteiger partial charge on any atom is -0.446 e. The highest BCUT2D eigenvalue weighted by molar-refractivity contribution is 5.95. The van der Waals surface area contributed by atoms with E-state index in [4.69, 9.17) is 10.5 Å². The Labute approximate surface area is 242 Å². The normalized spacial score (nSPS) is 35.6. The topological polar surface area (TPSA) is 81.4 Å². The maximum atomic E-state index is 12.7. The van der Waals surface area contributed by atoms with Gasteiger partial charge < -0.3 is 10.5 Å². The molecule has 0 spiro atoms. The first-order valence-electron chi connectivity index (χ1n) is 16.1. The first-order valence-corrected chi connectivity index (χ1v) is 16.1. The lowest BCUT2D eigenvalue weighted by Crippen LogP contribution is -2.51. The summed E-state index contributed by atoms with van der Waals surface area (Å²) < 4.78 is 5.89. The predicted octanol–water partition coefficient (Wildman–Crippen LogP) is 8.74. The molecule has 8 atom stereocenters. The highest BCUT2D eigenvalue weighted by atomic mass is 16.6. The molecule has 1 aromatic carbocycles. The zero-order valence-corrected chi connectivity index (χ0v) is 25.5. The Hall–Kier alpha value is -2.30. The molecule has 0 aliphatic heterocycles. The number of allylic oxidation sites excluding steroid dienone is 1. The number of hydrogen-bond acceptors (Lipinski definition) is 3. The van der Waals surface area contributed by atoms with Gasteiger partial charge in [-0.15, -0.1) is 0 Å². The quantitative estimate of drug-likeness (QED) is 0.319. The number of carbonyl (C=O) groups excluding carboxylic acids is 2. The molecule has 4 aliphatic carbocycles. The number of carbonyl (C=O) groups is 2. The first-order chi connectivity index (χ1) is 19.0. The molecule has 0 heterocycles. The number of fused-ring (bicyclic) bond motifs is 5. The Kier molecular flexibility index (Phi) is 8.42. The van der Waals surface area contributed by atoms with E-state index in [1.807, 2.05) is 0 Å². The maximum Gasteiger partial charge on any atom is 0.411 e. The molecule has 3 saturated carbocycles. The van der Waals surface area contributed by atoms with Gasteiger partial charge in [-0.05, 0) is 109 Å². The van der Waals surface area contributed by atoms with Crippen LogP contribution in [0.15, 0.2) is 35.9 Å². The molecule has 4 aliphatic rings. The number of ether oxygens (including phenoxy) is 1. The van der Waals surface area contributed by atoms with Crippen LogP contribution >= 0.6 is 0 Å². The third kappa shape index (κ3) is 5.59. The Morgan fingerprint density at radius 3 is 2.60 bits per heavy atom. The van der Waals surface area contributed by atoms with Crippen LogP contribution in [0.1, 0.15) is 116 Å². The molecule has 1 unspecified atom stereocenters. The molecule has 3 fully saturated rings. The van der Waals surface area contributed by atoms with Crippen LogP contribution in [0, 0.1) is 46.3 Å². The van der Waals surface area contributed by atoms with Crippen LogP contribution in [0.4, 0.5) is 10.5 Å². The molecule has 5 nitrogen and oxygen atoms in total. The number of amides is 2. The van der Waals surface area contributed by atoms with Crippen molar-refractivity contribution in [3.8, 4) is 0 Å². The van der Waals surface area contributed by atoms with E-state index in [1.54, 1.807) is 24.3 Å². The van der Waals surface area contributed by atoms with Gasteiger partial charge in [-0.2, -0.15) is 0 Å². The van der Waals surface area contributed by atoms with E-state index in [1.165, 1.54) is 56.9 Å². The largest absolute Gasteiger partial charge is 0.446 e. The number of nitrogens with two attached hydrogens (primary N) is 1. The maximum absolute atomic E-state index is 12.7. The van der Waals surface area contributed by atoms with Crippen LogP contribution in [0.2, 0.25) is 0 Å². The smallest absolute Gasteiger partial charge is 0.411 e. The highest BCUT2D eigenvalue weighted by Crippen LogP contribution is 2.67. The summed E-state index contributed by atoms with van der Waals surface area (Å²) in [4.78, 5) is 24.2. The van der Waals surface area contributed by atoms with Crippen molar-refractivity contribution in [3.63, 3.8) is 0 Å². The SMILES string of the molecule is CC(C)CCC[C@@H](C)[C@H]1CC[C@H]2[C@@H]3CC=C4CC(OC(=O)Nc5cccc(C(N)=O)c5)CC[C@]4(C)[C@H]3CC[C@]12C. The fourth-order valence-electron chi connectivity index (χ4n) is 9.80. The number of anilines is 1. The van der Waals surface area contributed by atoms with Crippen molar-refractivity contribution in [1.29, 1.82) is 0 Å². The molecular formula is C35H52N2O3. The zero-order valence-electron chi connectivity index (χ0n) is 25.5. The molecular weight excluding hydrogens is 496 g/mol. The fraction of sp³-hybridized carbons (Fsp3) is 0.714. The number of hydrogen-bond donors (Lipinski definition) is 2. The van der Waals surface area contributed by atoms with Crippen molar-refractivity contribution >= 4 is 17.7 Å². The summed E-state index contributed by atoms with van der Waals surface area (Å²) in [6.07, 6.45) is 15.7. The average molecular weight is 549 g/mol. The van der Waals surface area contributed by atoms with E-state index < -0.39 is 12.0 Å². The highest BCUT2D eigenvalue weighted by Gasteiger charge is 2.59. The van der Waals surface area contributed by atoms with Gasteiger partial charge in [0.05, 0.1) is 0 Å². The summed E-state index contributed by atoms with van der Waals surface area (Å²) in [5.41, 5.74) is 8.53. The van der Waals surface area contributed by atoms with Crippen molar-refractivity contribution in [2.45, 2.75) is 111 Å². The lowest BCUT2D eigenvalue weighted by molar-refractivity contribution is -0.0577. The second kappa shape index (κ2) is 11.5. The van der Waals surface area contributed by atoms with Gasteiger partial charge in [0.1, 0.15) is 6.10 Å². The van der Waals surface area contributed by atoms with Crippen LogP contribution < -0.4 is 11.1 Å². The summed E-state index contributed by atoms with van der Waals surface area (Å²) in [5, 5.41) is 2.78. The second-order valence-corrected chi connectivity index (χ2v) is 14.6. The van der Waals surface area contributed by atoms with Crippen molar-refractivity contribution in [1.82, 2.24) is 0 Å². The van der Waals surface area contributed by atoms with Gasteiger partial charge in [-0.1, -0.05) is 71.6 Å². The van der Waals surface area contributed by atoms with Gasteiger partial charge in [-0.25, -0.2) is 4.79 Å². The zero-order chi connectivity index (χ0) is 28.7. The van der Waals surface area contributed by atoms with Gasteiger partial charge >= 0.3 is 6.09 Å². The predicted molar refractivity (Wildman–Crippen MR) is 162 cm³/mol. The summed E-state index contributed by atoms with van der Waals surface area (Å²) in [6, 6.07) is 6.67. The molecule has 3 N–H and O–H groups in total. The van der Waals surface area contributed by atoms with Crippen molar-refractivity contribution in [3.05, 3.63) is 41.5 Å². The van der Waals surface area contributed by atoms with E-state index in [-0.39, 0.29) is 11.5 Å². The van der Waals surface area contributed by atoms with Crippen molar-refractivity contribution in [2.24, 2.45) is 52.1 Å². The van der Waals surface area contributed by atoms with Gasteiger partial charge in [0.15, 0.2) is 0 Å². The van der Waals surface area contributed by atoms with Crippen LogP contribution in [-0.2, 0) is 4.74 Å². The lowest BCUT2D eigenvalue weighted by atomic mass is 9.47. The minimum absolute atomic E-state index is 0.105. The monoisotopic (exact) mass is 548 g/mol. The molecule has 0 saturated heterocycles. The number of benzene rings is 1. The fourth-order valence-corrected chi connectivity index (χ4v) is 9.80. The van der Waals surface area contributed by atoms with Gasteiger partial charge in [0, 0.05) is 17.7 Å². The van der Waals surface area contributed by atoms with E-state index in [2.05, 4.69) is 46.0 Å². The van der Waals surface area contributed by atoms with Gasteiger partial charge in [0.2, 0.25) is 5.91 Å². The Morgan fingerprint density at radius 1 is 1.05 bits per heavy atom. The van der Waals surface area contributed by atoms with Gasteiger partial charge in [0.25, 0.3) is 0 Å². The van der Waals surface area contributed by atoms with Crippen LogP contribution in [-0.4, -0.2) is 18.1 Å². The molecule has 5 heteroatoms. The summed E-state index contributed by atoms with van der Waals surface area (Å²) in [7, 11) is 0. The molecule has 2 amide bonds. The number of rotatable bonds is 8. The third-order valence-electron chi connectivity index (χ3n) is 11.9. The second-order valence-electron chi connectivity index (χ2n) is 14.6. The van der Waals surface area contributed by atoms with E-state index in [0.717, 1.165) is 54.8 Å². The summed E-state index contributed by atoms with van der Waals surface area (Å²) in [5.74, 6) is 4.44. The minimum atomic E-state index is -0.515. The number of nitrogens with one attached hydrogen (secondary N) is 1. The van der Waals surface area contributed by atoms with Crippen molar-refractivity contribution in [2.75, 3.05) is 5.32 Å². The van der Waals surface area contributed by atoms with Gasteiger partial charge in [-0.3, -0.25) is 10.1 Å². The lowest BCUT2D eigenvalue weighted by Gasteiger charge is -2.58. The summed E-state index contributed by atoms with van der Waals surface area (Å²) in [6.45, 7) is 12.4. The summed E-state index contributed by atoms with van der Waals surface area (Å²) >= 11 is 0. The molecule has 5 rings (SSSR count). The molecule has 40 heavy (non-hydrogen) atoms. The van der Waals surface area contributed by atoms with Crippen molar-refractivity contribution < 1.29 is 14.3 Å². The Bertz CT molecular complexity index is 1130. The molecule has 220 valence electrons. The molecule has 1 aromatic rings. The number of primary amides is 1. The molecule has 0 radical (unpaired) electrons. The van der Waals surface area contributed by atoms with Crippen LogP contribution in [0.3, 0.4) is 0 Å². The standard InChI is InChI=1S/C35H52N2O3/c1-22(2)8-6-9-23(3)29-14-15-30-28-13-12-25-21-27(16-18-34(25,4)31(28)17-19-35(29,30)5)40-33(39)37-26-11-7-10-24(20-26)32(36)38/h7,10-12,20,22-23,27-31H,6,8-9,13-19,21H2,1-5H3,(H2,36,38)(H,37,39)/t23-,27?,28+,29-,30+,31+,34+,35-/m1/s1. The third-order valence-corrected chi connectivity index (χ3v) is 11.9. The van der Waals surface area contributed by atoms with E-state index >= 15 is 0 Å². The average Bonchev–Trinajstić information content (AvgIpc) is 3.26. The van der Waals surface area contributed by atoms with Crippen LogP contribution in [0.5, 0.6) is 0 Å². The molecule has 0 aromatic heterocycles. The van der Waals surface area contributed by atoms with E-state index in [9.17, 15) is 9.59 Å². The Morgan fingerprint density at radius 2 is 1.85 bits per heavy atom. The Balaban J connectivity index is 1.21. The molecule has 0 bridgehead atoms.